The highest BCUT2D eigenvalue weighted by molar-refractivity contribution is 7.13. The fourth-order valence-electron chi connectivity index (χ4n) is 3.99. The van der Waals surface area contributed by atoms with Gasteiger partial charge in [-0.3, -0.25) is 4.79 Å². The lowest BCUT2D eigenvalue weighted by molar-refractivity contribution is -0.148. The van der Waals surface area contributed by atoms with Crippen molar-refractivity contribution in [3.8, 4) is 0 Å². The molecule has 1 saturated heterocycles. The molecule has 1 N–H and O–H groups in total. The van der Waals surface area contributed by atoms with Crippen molar-refractivity contribution in [3.63, 3.8) is 0 Å². The average Bonchev–Trinajstić information content (AvgIpc) is 3.28. The molecule has 11 heteroatoms. The largest absolute Gasteiger partial charge is 0.467 e. The zero-order valence-electron chi connectivity index (χ0n) is 19.8. The summed E-state index contributed by atoms with van der Waals surface area (Å²) in [5, 5.41) is 12.6. The Morgan fingerprint density at radius 2 is 1.73 bits per heavy atom. The smallest absolute Gasteiger partial charge is 0.410 e. The number of hydrogen-bond acceptors (Lipinski definition) is 9. The molecule has 33 heavy (non-hydrogen) atoms. The van der Waals surface area contributed by atoms with Crippen LogP contribution in [0.4, 0.5) is 4.79 Å². The topological polar surface area (TPSA) is 120 Å². The van der Waals surface area contributed by atoms with Crippen molar-refractivity contribution in [2.24, 2.45) is 0 Å². The van der Waals surface area contributed by atoms with Crippen molar-refractivity contribution in [2.75, 3.05) is 26.8 Å². The molecule has 0 aromatic carbocycles. The molecule has 1 saturated carbocycles. The minimum Gasteiger partial charge on any atom is -0.467 e. The average molecular weight is 483 g/mol. The number of amides is 2. The van der Waals surface area contributed by atoms with Gasteiger partial charge in [-0.05, 0) is 59.3 Å². The number of methoxy groups -OCH3 is 1. The summed E-state index contributed by atoms with van der Waals surface area (Å²) in [4.78, 5) is 37.8. The van der Waals surface area contributed by atoms with E-state index in [0.717, 1.165) is 43.5 Å². The fourth-order valence-corrected chi connectivity index (χ4v) is 4.91. The Morgan fingerprint density at radius 3 is 2.33 bits per heavy atom. The molecule has 2 fully saturated rings. The molecule has 2 amide bonds. The predicted molar refractivity (Wildman–Crippen MR) is 121 cm³/mol. The van der Waals surface area contributed by atoms with E-state index < -0.39 is 5.60 Å². The highest BCUT2D eigenvalue weighted by atomic mass is 32.1. The van der Waals surface area contributed by atoms with Crippen molar-refractivity contribution in [3.05, 3.63) is 10.0 Å². The lowest BCUT2D eigenvalue weighted by Crippen LogP contribution is -2.41. The van der Waals surface area contributed by atoms with Gasteiger partial charge in [-0.25, -0.2) is 9.59 Å². The van der Waals surface area contributed by atoms with Gasteiger partial charge in [-0.1, -0.05) is 11.3 Å². The number of esters is 1. The number of nitrogens with one attached hydrogen (secondary N) is 1. The standard InChI is InChI=1S/C22H34N4O6S/c1-22(2,3)32-21(29)26-11-9-14(10-12-26)19-24-25-20(33-19)18(28)23-15-5-7-16(8-6-15)31-13-17(27)30-4/h14-16H,5-13H2,1-4H3,(H,23,28). The summed E-state index contributed by atoms with van der Waals surface area (Å²) in [5.41, 5.74) is -0.509. The van der Waals surface area contributed by atoms with Crippen molar-refractivity contribution in [2.45, 2.75) is 83.0 Å². The van der Waals surface area contributed by atoms with Crippen LogP contribution < -0.4 is 5.32 Å². The zero-order valence-corrected chi connectivity index (χ0v) is 20.6. The summed E-state index contributed by atoms with van der Waals surface area (Å²) in [7, 11) is 1.34. The van der Waals surface area contributed by atoms with E-state index in [-0.39, 0.29) is 42.6 Å². The Hall–Kier alpha value is -2.27. The van der Waals surface area contributed by atoms with E-state index in [1.807, 2.05) is 20.8 Å². The van der Waals surface area contributed by atoms with Gasteiger partial charge >= 0.3 is 12.1 Å². The van der Waals surface area contributed by atoms with Crippen LogP contribution in [0.5, 0.6) is 0 Å². The van der Waals surface area contributed by atoms with Crippen LogP contribution in [-0.2, 0) is 19.0 Å². The molecule has 2 heterocycles. The highest BCUT2D eigenvalue weighted by Crippen LogP contribution is 2.31. The monoisotopic (exact) mass is 482 g/mol. The summed E-state index contributed by atoms with van der Waals surface area (Å²) in [6, 6.07) is 0.0555. The first kappa shape index (κ1) is 25.4. The first-order chi connectivity index (χ1) is 15.6. The number of likely N-dealkylation sites (tertiary alicyclic amines) is 1. The number of aromatic nitrogens is 2. The number of carbonyl (C=O) groups is 3. The van der Waals surface area contributed by atoms with Crippen molar-refractivity contribution < 1.29 is 28.6 Å². The Morgan fingerprint density at radius 1 is 1.06 bits per heavy atom. The van der Waals surface area contributed by atoms with Crippen LogP contribution in [0, 0.1) is 0 Å². The third-order valence-corrected chi connectivity index (χ3v) is 6.89. The van der Waals surface area contributed by atoms with Crippen LogP contribution in [-0.4, -0.2) is 77.6 Å². The molecule has 2 aliphatic rings. The van der Waals surface area contributed by atoms with Crippen LogP contribution >= 0.6 is 11.3 Å². The number of ether oxygens (including phenoxy) is 3. The minimum absolute atomic E-state index is 0.0110. The normalized spacial score (nSPS) is 22.0. The third kappa shape index (κ3) is 7.63. The molecular formula is C22H34N4O6S. The van der Waals surface area contributed by atoms with Crippen LogP contribution in [0.3, 0.4) is 0 Å². The van der Waals surface area contributed by atoms with E-state index in [4.69, 9.17) is 9.47 Å². The van der Waals surface area contributed by atoms with Crippen molar-refractivity contribution in [1.29, 1.82) is 0 Å². The molecule has 10 nitrogen and oxygen atoms in total. The first-order valence-electron chi connectivity index (χ1n) is 11.4. The number of nitrogens with zero attached hydrogens (tertiary/aromatic N) is 3. The van der Waals surface area contributed by atoms with E-state index in [1.165, 1.54) is 18.4 Å². The lowest BCUT2D eigenvalue weighted by atomic mass is 9.93. The van der Waals surface area contributed by atoms with Crippen molar-refractivity contribution >= 4 is 29.3 Å². The van der Waals surface area contributed by atoms with E-state index in [0.29, 0.717) is 18.1 Å². The van der Waals surface area contributed by atoms with Gasteiger partial charge in [0.1, 0.15) is 17.2 Å². The fraction of sp³-hybridized carbons (Fsp3) is 0.773. The maximum atomic E-state index is 12.7. The van der Waals surface area contributed by atoms with Crippen LogP contribution in [0.1, 0.15) is 80.0 Å². The second-order valence-electron chi connectivity index (χ2n) is 9.52. The number of piperidine rings is 1. The van der Waals surface area contributed by atoms with Gasteiger partial charge in [0.05, 0.1) is 13.2 Å². The van der Waals surface area contributed by atoms with Gasteiger partial charge in [-0.2, -0.15) is 0 Å². The lowest BCUT2D eigenvalue weighted by Gasteiger charge is -2.32. The molecule has 1 aromatic heterocycles. The van der Waals surface area contributed by atoms with Crippen LogP contribution in [0.15, 0.2) is 0 Å². The maximum absolute atomic E-state index is 12.7. The maximum Gasteiger partial charge on any atom is 0.410 e. The Balaban J connectivity index is 1.42. The Labute approximate surface area is 198 Å². The van der Waals surface area contributed by atoms with Crippen LogP contribution in [0.2, 0.25) is 0 Å². The number of rotatable bonds is 6. The number of hydrogen-bond donors (Lipinski definition) is 1. The summed E-state index contributed by atoms with van der Waals surface area (Å²) in [5.74, 6) is -0.401. The molecule has 1 aliphatic carbocycles. The molecule has 1 aromatic rings. The third-order valence-electron chi connectivity index (χ3n) is 5.80. The van der Waals surface area contributed by atoms with E-state index in [2.05, 4.69) is 20.3 Å². The van der Waals surface area contributed by atoms with Gasteiger partial charge in [0.15, 0.2) is 0 Å². The van der Waals surface area contributed by atoms with Crippen LogP contribution in [0.25, 0.3) is 0 Å². The zero-order chi connectivity index (χ0) is 24.0. The van der Waals surface area contributed by atoms with Crippen molar-refractivity contribution in [1.82, 2.24) is 20.4 Å². The van der Waals surface area contributed by atoms with Gasteiger partial charge < -0.3 is 24.4 Å². The summed E-state index contributed by atoms with van der Waals surface area (Å²) >= 11 is 1.33. The van der Waals surface area contributed by atoms with E-state index in [9.17, 15) is 14.4 Å². The van der Waals surface area contributed by atoms with Gasteiger partial charge in [0, 0.05) is 25.0 Å². The van der Waals surface area contributed by atoms with E-state index in [1.54, 1.807) is 4.90 Å². The Kier molecular flexibility index (Phi) is 8.63. The predicted octanol–water partition coefficient (Wildman–Crippen LogP) is 2.88. The van der Waals surface area contributed by atoms with Gasteiger partial charge in [0.2, 0.25) is 5.01 Å². The molecule has 0 bridgehead atoms. The molecular weight excluding hydrogens is 448 g/mol. The first-order valence-corrected chi connectivity index (χ1v) is 12.3. The molecule has 0 unspecified atom stereocenters. The summed E-state index contributed by atoms with van der Waals surface area (Å²) in [6.45, 7) is 6.73. The Bertz CT molecular complexity index is 823. The summed E-state index contributed by atoms with van der Waals surface area (Å²) in [6.07, 6.45) is 4.38. The molecule has 0 spiro atoms. The van der Waals surface area contributed by atoms with E-state index >= 15 is 0 Å². The molecule has 0 atom stereocenters. The van der Waals surface area contributed by atoms with Gasteiger partial charge in [0.25, 0.3) is 5.91 Å². The molecule has 0 radical (unpaired) electrons. The molecule has 1 aliphatic heterocycles. The second-order valence-corrected chi connectivity index (χ2v) is 10.5. The quantitative estimate of drug-likeness (QED) is 0.615. The second kappa shape index (κ2) is 11.2. The highest BCUT2D eigenvalue weighted by Gasteiger charge is 2.30. The SMILES string of the molecule is COC(=O)COC1CCC(NC(=O)c2nnc(C3CCN(C(=O)OC(C)(C)C)CC3)s2)CC1. The number of carbonyl (C=O) groups excluding carboxylic acids is 3. The summed E-state index contributed by atoms with van der Waals surface area (Å²) < 4.78 is 15.6. The minimum atomic E-state index is -0.509. The molecule has 3 rings (SSSR count). The molecule has 184 valence electrons. The van der Waals surface area contributed by atoms with Gasteiger partial charge in [-0.15, -0.1) is 10.2 Å².